The molecular formula is C13H19FN2O3. The van der Waals surface area contributed by atoms with E-state index in [1.807, 2.05) is 0 Å². The topological polar surface area (TPSA) is 70.6 Å². The quantitative estimate of drug-likeness (QED) is 0.519. The van der Waals surface area contributed by atoms with Crippen LogP contribution >= 0.6 is 0 Å². The standard InChI is InChI=1S/C13H19FN2O3/c1-9-6-10(7-12(17)11(9)8-16-14)19-5-3-4-13(18)15-2/h6-7,16-17H,3-5,8H2,1-2H3,(H,15,18). The summed E-state index contributed by atoms with van der Waals surface area (Å²) in [6, 6.07) is 3.17. The molecule has 0 unspecified atom stereocenters. The Labute approximate surface area is 111 Å². The van der Waals surface area contributed by atoms with Crippen LogP contribution in [0.4, 0.5) is 4.48 Å². The molecule has 0 saturated carbocycles. The van der Waals surface area contributed by atoms with Gasteiger partial charge in [-0.3, -0.25) is 4.79 Å². The molecule has 106 valence electrons. The number of carbonyl (C=O) groups is 1. The molecule has 1 rings (SSSR count). The monoisotopic (exact) mass is 270 g/mol. The number of ether oxygens (including phenoxy) is 1. The summed E-state index contributed by atoms with van der Waals surface area (Å²) in [5.74, 6) is 0.466. The number of benzene rings is 1. The molecule has 6 heteroatoms. The van der Waals surface area contributed by atoms with Crippen molar-refractivity contribution in [2.75, 3.05) is 13.7 Å². The van der Waals surface area contributed by atoms with Crippen molar-refractivity contribution < 1.29 is 19.1 Å². The molecule has 0 atom stereocenters. The van der Waals surface area contributed by atoms with Crippen LogP contribution in [0.5, 0.6) is 11.5 Å². The molecule has 0 aromatic heterocycles. The number of aromatic hydroxyl groups is 1. The van der Waals surface area contributed by atoms with E-state index in [9.17, 15) is 14.4 Å². The molecular weight excluding hydrogens is 251 g/mol. The Morgan fingerprint density at radius 1 is 1.47 bits per heavy atom. The summed E-state index contributed by atoms with van der Waals surface area (Å²) >= 11 is 0. The van der Waals surface area contributed by atoms with Gasteiger partial charge in [-0.05, 0) is 25.0 Å². The smallest absolute Gasteiger partial charge is 0.219 e. The highest BCUT2D eigenvalue weighted by Gasteiger charge is 2.08. The van der Waals surface area contributed by atoms with E-state index in [-0.39, 0.29) is 18.2 Å². The maximum Gasteiger partial charge on any atom is 0.219 e. The average Bonchev–Trinajstić information content (AvgIpc) is 2.38. The van der Waals surface area contributed by atoms with Gasteiger partial charge in [0.2, 0.25) is 5.91 Å². The molecule has 1 aromatic carbocycles. The first-order chi connectivity index (χ1) is 9.08. The van der Waals surface area contributed by atoms with Gasteiger partial charge >= 0.3 is 0 Å². The van der Waals surface area contributed by atoms with Gasteiger partial charge in [-0.1, -0.05) is 0 Å². The zero-order valence-electron chi connectivity index (χ0n) is 11.1. The zero-order valence-corrected chi connectivity index (χ0v) is 11.1. The minimum absolute atomic E-state index is 0.00792. The second-order valence-electron chi connectivity index (χ2n) is 4.17. The minimum atomic E-state index is -0.0470. The summed E-state index contributed by atoms with van der Waals surface area (Å²) in [4.78, 5) is 11.0. The Bertz CT molecular complexity index is 415. The molecule has 3 N–H and O–H groups in total. The molecule has 0 bridgehead atoms. The van der Waals surface area contributed by atoms with Gasteiger partial charge < -0.3 is 15.2 Å². The van der Waals surface area contributed by atoms with Crippen LogP contribution in [-0.4, -0.2) is 24.7 Å². The third kappa shape index (κ3) is 4.75. The fourth-order valence-corrected chi connectivity index (χ4v) is 1.69. The fourth-order valence-electron chi connectivity index (χ4n) is 1.69. The van der Waals surface area contributed by atoms with Crippen molar-refractivity contribution in [3.8, 4) is 11.5 Å². The number of hydrogen-bond donors (Lipinski definition) is 3. The lowest BCUT2D eigenvalue weighted by Gasteiger charge is -2.11. The molecule has 0 radical (unpaired) electrons. The summed E-state index contributed by atoms with van der Waals surface area (Å²) in [7, 11) is 1.59. The van der Waals surface area contributed by atoms with Crippen LogP contribution in [-0.2, 0) is 11.3 Å². The van der Waals surface area contributed by atoms with Crippen LogP contribution in [0.2, 0.25) is 0 Å². The van der Waals surface area contributed by atoms with Gasteiger partial charge in [0.05, 0.1) is 13.2 Å². The highest BCUT2D eigenvalue weighted by molar-refractivity contribution is 5.75. The van der Waals surface area contributed by atoms with E-state index in [0.717, 1.165) is 5.56 Å². The Morgan fingerprint density at radius 3 is 2.79 bits per heavy atom. The highest BCUT2D eigenvalue weighted by atomic mass is 19.2. The van der Waals surface area contributed by atoms with E-state index in [4.69, 9.17) is 4.74 Å². The third-order valence-corrected chi connectivity index (χ3v) is 2.76. The Kier molecular flexibility index (Phi) is 6.08. The van der Waals surface area contributed by atoms with Crippen molar-refractivity contribution >= 4 is 5.91 Å². The minimum Gasteiger partial charge on any atom is -0.507 e. The molecule has 1 amide bonds. The Morgan fingerprint density at radius 2 is 2.21 bits per heavy atom. The van der Waals surface area contributed by atoms with E-state index in [1.165, 1.54) is 11.6 Å². The lowest BCUT2D eigenvalue weighted by atomic mass is 10.1. The van der Waals surface area contributed by atoms with E-state index in [0.29, 0.717) is 30.8 Å². The Balaban J connectivity index is 2.53. The summed E-state index contributed by atoms with van der Waals surface area (Å²) < 4.78 is 17.5. The first-order valence-electron chi connectivity index (χ1n) is 6.07. The second kappa shape index (κ2) is 7.58. The van der Waals surface area contributed by atoms with E-state index >= 15 is 0 Å². The van der Waals surface area contributed by atoms with Gasteiger partial charge in [0.25, 0.3) is 0 Å². The number of rotatable bonds is 7. The summed E-state index contributed by atoms with van der Waals surface area (Å²) in [6.45, 7) is 2.10. The molecule has 5 nitrogen and oxygen atoms in total. The van der Waals surface area contributed by atoms with Gasteiger partial charge in [-0.2, -0.15) is 5.54 Å². The summed E-state index contributed by atoms with van der Waals surface area (Å²) in [6.07, 6.45) is 0.985. The molecule has 0 aliphatic rings. The molecule has 0 fully saturated rings. The number of amides is 1. The fraction of sp³-hybridized carbons (Fsp3) is 0.462. The number of hydrogen-bond acceptors (Lipinski definition) is 4. The van der Waals surface area contributed by atoms with Crippen molar-refractivity contribution in [3.63, 3.8) is 0 Å². The molecule has 0 spiro atoms. The van der Waals surface area contributed by atoms with E-state index < -0.39 is 0 Å². The maximum absolute atomic E-state index is 12.1. The number of phenolic OH excluding ortho intramolecular Hbond substituents is 1. The van der Waals surface area contributed by atoms with Crippen LogP contribution < -0.4 is 15.6 Å². The van der Waals surface area contributed by atoms with Crippen molar-refractivity contribution in [1.29, 1.82) is 0 Å². The molecule has 0 saturated heterocycles. The normalized spacial score (nSPS) is 10.3. The lowest BCUT2D eigenvalue weighted by molar-refractivity contribution is -0.120. The van der Waals surface area contributed by atoms with Gasteiger partial charge in [-0.15, -0.1) is 4.48 Å². The van der Waals surface area contributed by atoms with E-state index in [2.05, 4.69) is 5.32 Å². The molecule has 1 aromatic rings. The van der Waals surface area contributed by atoms with Gasteiger partial charge in [0.15, 0.2) is 0 Å². The van der Waals surface area contributed by atoms with Crippen LogP contribution in [0.3, 0.4) is 0 Å². The highest BCUT2D eigenvalue weighted by Crippen LogP contribution is 2.27. The average molecular weight is 270 g/mol. The SMILES string of the molecule is CNC(=O)CCCOc1cc(C)c(CNF)c(O)c1. The lowest BCUT2D eigenvalue weighted by Crippen LogP contribution is -2.18. The number of phenols is 1. The zero-order chi connectivity index (χ0) is 14.3. The molecule has 0 aliphatic carbocycles. The van der Waals surface area contributed by atoms with Crippen LogP contribution in [0.25, 0.3) is 0 Å². The molecule has 0 aliphatic heterocycles. The van der Waals surface area contributed by atoms with Gasteiger partial charge in [0.1, 0.15) is 11.5 Å². The number of nitrogens with one attached hydrogen (secondary N) is 2. The third-order valence-electron chi connectivity index (χ3n) is 2.76. The van der Waals surface area contributed by atoms with Crippen LogP contribution in [0.15, 0.2) is 12.1 Å². The Hall–Kier alpha value is -1.82. The van der Waals surface area contributed by atoms with Gasteiger partial charge in [-0.25, -0.2) is 0 Å². The number of halogens is 1. The van der Waals surface area contributed by atoms with Gasteiger partial charge in [0, 0.05) is 25.1 Å². The van der Waals surface area contributed by atoms with Crippen molar-refractivity contribution in [1.82, 2.24) is 10.9 Å². The molecule has 19 heavy (non-hydrogen) atoms. The first kappa shape index (κ1) is 15.2. The largest absolute Gasteiger partial charge is 0.507 e. The number of carbonyl (C=O) groups excluding carboxylic acids is 1. The van der Waals surface area contributed by atoms with Crippen molar-refractivity contribution in [2.24, 2.45) is 0 Å². The first-order valence-corrected chi connectivity index (χ1v) is 6.07. The predicted molar refractivity (Wildman–Crippen MR) is 69.6 cm³/mol. The maximum atomic E-state index is 12.1. The summed E-state index contributed by atoms with van der Waals surface area (Å²) in [5, 5.41) is 12.3. The van der Waals surface area contributed by atoms with Crippen LogP contribution in [0, 0.1) is 6.92 Å². The van der Waals surface area contributed by atoms with E-state index in [1.54, 1.807) is 20.0 Å². The molecule has 0 heterocycles. The predicted octanol–water partition coefficient (Wildman–Crippen LogP) is 1.58. The second-order valence-corrected chi connectivity index (χ2v) is 4.17. The summed E-state index contributed by atoms with van der Waals surface area (Å²) in [5.41, 5.74) is 2.75. The van der Waals surface area contributed by atoms with Crippen molar-refractivity contribution in [2.45, 2.75) is 26.3 Å². The van der Waals surface area contributed by atoms with Crippen molar-refractivity contribution in [3.05, 3.63) is 23.3 Å². The number of aryl methyl sites for hydroxylation is 1. The van der Waals surface area contributed by atoms with Crippen LogP contribution in [0.1, 0.15) is 24.0 Å².